The van der Waals surface area contributed by atoms with Gasteiger partial charge in [0.25, 0.3) is 5.56 Å². The molecule has 0 bridgehead atoms. The van der Waals surface area contributed by atoms with E-state index in [0.717, 1.165) is 16.8 Å². The molecule has 0 saturated carbocycles. The Labute approximate surface area is 143 Å². The lowest BCUT2D eigenvalue weighted by Gasteiger charge is -2.12. The summed E-state index contributed by atoms with van der Waals surface area (Å²) in [6.07, 6.45) is -3.13. The Kier molecular flexibility index (Phi) is 5.31. The number of ether oxygens (including phenoxy) is 1. The zero-order chi connectivity index (χ0) is 18.8. The number of rotatable bonds is 4. The molecule has 0 unspecified atom stereocenters. The maximum Gasteiger partial charge on any atom is 0.417 e. The highest BCUT2D eigenvalue weighted by Gasteiger charge is 2.31. The van der Waals surface area contributed by atoms with Gasteiger partial charge in [-0.25, -0.2) is 14.3 Å². The van der Waals surface area contributed by atoms with Gasteiger partial charge >= 0.3 is 17.8 Å². The molecule has 0 aliphatic heterocycles. The third-order valence-electron chi connectivity index (χ3n) is 3.04. The van der Waals surface area contributed by atoms with E-state index >= 15 is 0 Å². The Balaban J connectivity index is 2.53. The smallest absolute Gasteiger partial charge is 0.417 e. The number of hydrogen-bond donors (Lipinski definition) is 0. The van der Waals surface area contributed by atoms with Crippen LogP contribution in [0.1, 0.15) is 12.5 Å². The first-order valence-corrected chi connectivity index (χ1v) is 7.24. The van der Waals surface area contributed by atoms with Gasteiger partial charge in [0.1, 0.15) is 6.54 Å². The molecule has 0 aliphatic carbocycles. The highest BCUT2D eigenvalue weighted by atomic mass is 35.5. The zero-order valence-electron chi connectivity index (χ0n) is 12.7. The molecule has 2 rings (SSSR count). The molecule has 0 aromatic carbocycles. The van der Waals surface area contributed by atoms with Crippen molar-refractivity contribution in [3.8, 4) is 5.82 Å². The van der Waals surface area contributed by atoms with Gasteiger partial charge in [0, 0.05) is 18.5 Å². The minimum absolute atomic E-state index is 0.0564. The summed E-state index contributed by atoms with van der Waals surface area (Å²) in [6.45, 7) is 0.960. The molecular formula is C14H11ClF3N3O4. The van der Waals surface area contributed by atoms with E-state index in [1.165, 1.54) is 0 Å². The van der Waals surface area contributed by atoms with Crippen molar-refractivity contribution in [1.82, 2.24) is 14.1 Å². The molecular weight excluding hydrogens is 367 g/mol. The molecule has 0 N–H and O–H groups in total. The third kappa shape index (κ3) is 4.08. The predicted octanol–water partition coefficient (Wildman–Crippen LogP) is 1.63. The van der Waals surface area contributed by atoms with E-state index in [0.29, 0.717) is 16.8 Å². The van der Waals surface area contributed by atoms with Crippen LogP contribution in [0.25, 0.3) is 5.82 Å². The number of hydrogen-bond acceptors (Lipinski definition) is 5. The molecule has 0 amide bonds. The average molecular weight is 378 g/mol. The lowest BCUT2D eigenvalue weighted by molar-refractivity contribution is -0.144. The lowest BCUT2D eigenvalue weighted by atomic mass is 10.3. The lowest BCUT2D eigenvalue weighted by Crippen LogP contribution is -2.40. The van der Waals surface area contributed by atoms with Crippen LogP contribution in [0.5, 0.6) is 0 Å². The van der Waals surface area contributed by atoms with E-state index in [1.54, 1.807) is 6.92 Å². The van der Waals surface area contributed by atoms with Crippen LogP contribution < -0.4 is 11.2 Å². The molecule has 2 heterocycles. The topological polar surface area (TPSA) is 83.2 Å². The zero-order valence-corrected chi connectivity index (χ0v) is 13.5. The molecule has 0 radical (unpaired) electrons. The molecule has 11 heteroatoms. The van der Waals surface area contributed by atoms with E-state index in [1.807, 2.05) is 0 Å². The Morgan fingerprint density at radius 1 is 1.36 bits per heavy atom. The monoisotopic (exact) mass is 377 g/mol. The van der Waals surface area contributed by atoms with Crippen LogP contribution in [-0.2, 0) is 22.3 Å². The van der Waals surface area contributed by atoms with E-state index in [9.17, 15) is 27.6 Å². The van der Waals surface area contributed by atoms with Crippen LogP contribution in [0.2, 0.25) is 5.02 Å². The summed E-state index contributed by atoms with van der Waals surface area (Å²) in [7, 11) is 0. The van der Waals surface area contributed by atoms with Crippen LogP contribution in [0.15, 0.2) is 34.1 Å². The summed E-state index contributed by atoms with van der Waals surface area (Å²) in [4.78, 5) is 39.2. The van der Waals surface area contributed by atoms with E-state index in [4.69, 9.17) is 11.6 Å². The van der Waals surface area contributed by atoms with Crippen molar-refractivity contribution in [2.24, 2.45) is 0 Å². The minimum atomic E-state index is -4.65. The Morgan fingerprint density at radius 3 is 2.60 bits per heavy atom. The summed E-state index contributed by atoms with van der Waals surface area (Å²) in [5.74, 6) is -1.12. The fourth-order valence-corrected chi connectivity index (χ4v) is 2.18. The molecule has 7 nitrogen and oxygen atoms in total. The van der Waals surface area contributed by atoms with Crippen molar-refractivity contribution in [2.75, 3.05) is 6.61 Å². The van der Waals surface area contributed by atoms with E-state index in [-0.39, 0.29) is 12.4 Å². The first kappa shape index (κ1) is 18.7. The highest BCUT2D eigenvalue weighted by molar-refractivity contribution is 6.32. The molecule has 134 valence electrons. The molecule has 0 spiro atoms. The maximum atomic E-state index is 12.7. The van der Waals surface area contributed by atoms with Gasteiger partial charge in [0.15, 0.2) is 5.82 Å². The van der Waals surface area contributed by atoms with Crippen molar-refractivity contribution in [3.63, 3.8) is 0 Å². The number of halogens is 4. The van der Waals surface area contributed by atoms with Gasteiger partial charge in [0.05, 0.1) is 17.2 Å². The molecule has 0 saturated heterocycles. The van der Waals surface area contributed by atoms with Crippen molar-refractivity contribution >= 4 is 17.6 Å². The number of nitrogens with zero attached hydrogens (tertiary/aromatic N) is 3. The first-order valence-electron chi connectivity index (χ1n) is 6.86. The van der Waals surface area contributed by atoms with Crippen LogP contribution in [-0.4, -0.2) is 26.7 Å². The first-order chi connectivity index (χ1) is 11.6. The van der Waals surface area contributed by atoms with Crippen molar-refractivity contribution < 1.29 is 22.7 Å². The summed E-state index contributed by atoms with van der Waals surface area (Å²) >= 11 is 5.79. The molecule has 2 aromatic rings. The number of esters is 1. The number of carbonyl (C=O) groups is 1. The van der Waals surface area contributed by atoms with Gasteiger partial charge in [-0.1, -0.05) is 11.6 Å². The minimum Gasteiger partial charge on any atom is -0.465 e. The van der Waals surface area contributed by atoms with Gasteiger partial charge in [-0.2, -0.15) is 13.2 Å². The Hall–Kier alpha value is -2.62. The molecule has 25 heavy (non-hydrogen) atoms. The molecule has 0 fully saturated rings. The number of alkyl halides is 3. The fraction of sp³-hybridized carbons (Fsp3) is 0.286. The second-order valence-electron chi connectivity index (χ2n) is 4.72. The number of aromatic nitrogens is 3. The largest absolute Gasteiger partial charge is 0.465 e. The average Bonchev–Trinajstić information content (AvgIpc) is 2.51. The summed E-state index contributed by atoms with van der Waals surface area (Å²) in [5, 5.41) is -0.446. The van der Waals surface area contributed by atoms with Gasteiger partial charge in [-0.3, -0.25) is 14.2 Å². The van der Waals surface area contributed by atoms with Gasteiger partial charge in [0.2, 0.25) is 0 Å². The van der Waals surface area contributed by atoms with Crippen LogP contribution in [0, 0.1) is 0 Å². The number of carbonyl (C=O) groups excluding carboxylic acids is 1. The van der Waals surface area contributed by atoms with Crippen molar-refractivity contribution in [1.29, 1.82) is 0 Å². The Morgan fingerprint density at radius 2 is 2.04 bits per heavy atom. The van der Waals surface area contributed by atoms with Crippen LogP contribution in [0.4, 0.5) is 13.2 Å². The van der Waals surface area contributed by atoms with E-state index < -0.39 is 40.5 Å². The standard InChI is InChI=1S/C14H11ClF3N3O4/c1-2-25-11(23)7-21-10(22)3-4-20(13(21)24)12-9(15)5-8(6-19-12)14(16,17)18/h3-6H,2,7H2,1H3. The summed E-state index contributed by atoms with van der Waals surface area (Å²) in [5.41, 5.74) is -2.86. The maximum absolute atomic E-state index is 12.7. The normalized spacial score (nSPS) is 11.4. The van der Waals surface area contributed by atoms with Gasteiger partial charge in [-0.05, 0) is 13.0 Å². The summed E-state index contributed by atoms with van der Waals surface area (Å²) in [6, 6.07) is 1.56. The van der Waals surface area contributed by atoms with Gasteiger partial charge in [-0.15, -0.1) is 0 Å². The molecule has 0 atom stereocenters. The van der Waals surface area contributed by atoms with Gasteiger partial charge < -0.3 is 4.74 Å². The molecule has 2 aromatic heterocycles. The summed E-state index contributed by atoms with van der Waals surface area (Å²) < 4.78 is 43.9. The second kappa shape index (κ2) is 7.09. The van der Waals surface area contributed by atoms with E-state index in [2.05, 4.69) is 9.72 Å². The number of pyridine rings is 1. The molecule has 0 aliphatic rings. The van der Waals surface area contributed by atoms with Crippen molar-refractivity contribution in [3.05, 3.63) is 56.0 Å². The Bertz CT molecular complexity index is 921. The fourth-order valence-electron chi connectivity index (χ4n) is 1.92. The van der Waals surface area contributed by atoms with Crippen LogP contribution in [0.3, 0.4) is 0 Å². The predicted molar refractivity (Wildman–Crippen MR) is 80.7 cm³/mol. The quantitative estimate of drug-likeness (QED) is 0.756. The van der Waals surface area contributed by atoms with Crippen LogP contribution >= 0.6 is 11.6 Å². The third-order valence-corrected chi connectivity index (χ3v) is 3.32. The van der Waals surface area contributed by atoms with Crippen molar-refractivity contribution in [2.45, 2.75) is 19.6 Å². The highest BCUT2D eigenvalue weighted by Crippen LogP contribution is 2.31. The second-order valence-corrected chi connectivity index (χ2v) is 5.13. The SMILES string of the molecule is CCOC(=O)Cn1c(=O)ccn(-c2ncc(C(F)(F)F)cc2Cl)c1=O.